The van der Waals surface area contributed by atoms with Crippen molar-refractivity contribution in [3.8, 4) is 34.2 Å². The van der Waals surface area contributed by atoms with Crippen LogP contribution in [-0.4, -0.2) is 15.0 Å². The zero-order chi connectivity index (χ0) is 28.3. The monoisotopic (exact) mass is 549 g/mol. The van der Waals surface area contributed by atoms with E-state index in [-0.39, 0.29) is 0 Å². The quantitative estimate of drug-likeness (QED) is 0.206. The molecule has 0 N–H and O–H groups in total. The van der Waals surface area contributed by atoms with Gasteiger partial charge in [0.2, 0.25) is 0 Å². The van der Waals surface area contributed by atoms with Gasteiger partial charge in [0.15, 0.2) is 17.5 Å². The fourth-order valence-corrected chi connectivity index (χ4v) is 6.25. The normalized spacial score (nSPS) is 11.7. The predicted octanol–water partition coefficient (Wildman–Crippen LogP) is 10.2. The highest BCUT2D eigenvalue weighted by Gasteiger charge is 2.17. The maximum Gasteiger partial charge on any atom is 0.164 e. The molecule has 43 heavy (non-hydrogen) atoms. The van der Waals surface area contributed by atoms with E-state index in [9.17, 15) is 0 Å². The third-order valence-corrected chi connectivity index (χ3v) is 8.31. The molecular formula is C39H23N3O. The van der Waals surface area contributed by atoms with Gasteiger partial charge in [0, 0.05) is 27.5 Å². The van der Waals surface area contributed by atoms with E-state index in [1.165, 1.54) is 26.9 Å². The molecule has 0 fully saturated rings. The molecule has 0 spiro atoms. The molecule has 0 atom stereocenters. The molecule has 0 saturated carbocycles. The first-order chi connectivity index (χ1) is 21.3. The zero-order valence-electron chi connectivity index (χ0n) is 23.0. The lowest BCUT2D eigenvalue weighted by Gasteiger charge is -2.13. The Labute approximate surface area is 246 Å². The molecule has 9 aromatic rings. The number of hydrogen-bond acceptors (Lipinski definition) is 4. The highest BCUT2D eigenvalue weighted by molar-refractivity contribution is 6.20. The number of rotatable bonds is 3. The van der Waals surface area contributed by atoms with Crippen molar-refractivity contribution < 1.29 is 4.42 Å². The molecule has 200 valence electrons. The molecule has 0 aliphatic heterocycles. The van der Waals surface area contributed by atoms with Crippen LogP contribution in [0.25, 0.3) is 88.4 Å². The third-order valence-electron chi connectivity index (χ3n) is 8.31. The average molecular weight is 550 g/mol. The van der Waals surface area contributed by atoms with Crippen LogP contribution in [0.5, 0.6) is 0 Å². The molecule has 0 aliphatic carbocycles. The molecule has 2 heterocycles. The van der Waals surface area contributed by atoms with Crippen molar-refractivity contribution in [2.24, 2.45) is 0 Å². The van der Waals surface area contributed by atoms with Crippen LogP contribution in [-0.2, 0) is 0 Å². The average Bonchev–Trinajstić information content (AvgIpc) is 3.46. The topological polar surface area (TPSA) is 51.8 Å². The van der Waals surface area contributed by atoms with Crippen LogP contribution < -0.4 is 0 Å². The molecular weight excluding hydrogens is 526 g/mol. The van der Waals surface area contributed by atoms with Crippen molar-refractivity contribution in [2.75, 3.05) is 0 Å². The second kappa shape index (κ2) is 9.33. The van der Waals surface area contributed by atoms with Gasteiger partial charge in [-0.05, 0) is 56.6 Å². The summed E-state index contributed by atoms with van der Waals surface area (Å²) in [4.78, 5) is 15.2. The maximum atomic E-state index is 6.22. The molecule has 0 aliphatic rings. The van der Waals surface area contributed by atoms with Gasteiger partial charge in [0.1, 0.15) is 11.2 Å². The summed E-state index contributed by atoms with van der Waals surface area (Å²) in [6, 6.07) is 48.1. The highest BCUT2D eigenvalue weighted by Crippen LogP contribution is 2.38. The van der Waals surface area contributed by atoms with E-state index in [0.717, 1.165) is 44.0 Å². The number of benzene rings is 7. The van der Waals surface area contributed by atoms with Crippen molar-refractivity contribution in [2.45, 2.75) is 0 Å². The second-order valence-corrected chi connectivity index (χ2v) is 10.8. The molecule has 4 nitrogen and oxygen atoms in total. The summed E-state index contributed by atoms with van der Waals surface area (Å²) in [6.07, 6.45) is 0. The molecule has 0 bridgehead atoms. The van der Waals surface area contributed by atoms with Gasteiger partial charge in [0.25, 0.3) is 0 Å². The number of hydrogen-bond donors (Lipinski definition) is 0. The first-order valence-corrected chi connectivity index (χ1v) is 14.4. The SMILES string of the molecule is c1ccc(-c2nc(-c3ccc4c(c3)oc3ccccc34)nc(-c3cc4c5ccccc5ccc4c4ccccc34)n2)cc1. The Bertz CT molecular complexity index is 2510. The summed E-state index contributed by atoms with van der Waals surface area (Å²) in [6.45, 7) is 0. The second-order valence-electron chi connectivity index (χ2n) is 10.8. The molecule has 9 rings (SSSR count). The van der Waals surface area contributed by atoms with Crippen LogP contribution in [0, 0.1) is 0 Å². The van der Waals surface area contributed by atoms with E-state index in [1.54, 1.807) is 0 Å². The molecule has 7 aromatic carbocycles. The number of furan rings is 1. The van der Waals surface area contributed by atoms with E-state index in [1.807, 2.05) is 54.6 Å². The first kappa shape index (κ1) is 23.8. The van der Waals surface area contributed by atoms with E-state index in [4.69, 9.17) is 19.4 Å². The van der Waals surface area contributed by atoms with Crippen LogP contribution in [0.1, 0.15) is 0 Å². The van der Waals surface area contributed by atoms with Crippen LogP contribution in [0.3, 0.4) is 0 Å². The molecule has 0 saturated heterocycles. The van der Waals surface area contributed by atoms with Gasteiger partial charge >= 0.3 is 0 Å². The van der Waals surface area contributed by atoms with Crippen molar-refractivity contribution in [1.29, 1.82) is 0 Å². The molecule has 0 amide bonds. The minimum absolute atomic E-state index is 0.605. The van der Waals surface area contributed by atoms with Crippen molar-refractivity contribution in [3.05, 3.63) is 140 Å². The fourth-order valence-electron chi connectivity index (χ4n) is 6.25. The Hall–Kier alpha value is -5.87. The first-order valence-electron chi connectivity index (χ1n) is 14.4. The Morgan fingerprint density at radius 3 is 1.81 bits per heavy atom. The lowest BCUT2D eigenvalue weighted by molar-refractivity contribution is 0.669. The van der Waals surface area contributed by atoms with E-state index >= 15 is 0 Å². The van der Waals surface area contributed by atoms with E-state index in [2.05, 4.69) is 84.9 Å². The lowest BCUT2D eigenvalue weighted by atomic mass is 9.93. The van der Waals surface area contributed by atoms with Crippen molar-refractivity contribution in [1.82, 2.24) is 15.0 Å². The van der Waals surface area contributed by atoms with Gasteiger partial charge in [-0.1, -0.05) is 115 Å². The Morgan fingerprint density at radius 1 is 0.349 bits per heavy atom. The van der Waals surface area contributed by atoms with Gasteiger partial charge in [0.05, 0.1) is 0 Å². The van der Waals surface area contributed by atoms with E-state index < -0.39 is 0 Å². The van der Waals surface area contributed by atoms with Crippen LogP contribution in [0.2, 0.25) is 0 Å². The summed E-state index contributed by atoms with van der Waals surface area (Å²) in [5.74, 6) is 1.88. The van der Waals surface area contributed by atoms with Crippen molar-refractivity contribution in [3.63, 3.8) is 0 Å². The van der Waals surface area contributed by atoms with Crippen LogP contribution in [0.4, 0.5) is 0 Å². The third kappa shape index (κ3) is 3.81. The predicted molar refractivity (Wildman–Crippen MR) is 176 cm³/mol. The summed E-state index contributed by atoms with van der Waals surface area (Å²) in [5, 5.41) is 9.26. The summed E-state index contributed by atoms with van der Waals surface area (Å²) in [7, 11) is 0. The number of para-hydroxylation sites is 1. The number of aromatic nitrogens is 3. The zero-order valence-corrected chi connectivity index (χ0v) is 23.0. The molecule has 0 unspecified atom stereocenters. The smallest absolute Gasteiger partial charge is 0.164 e. The molecule has 4 heteroatoms. The summed E-state index contributed by atoms with van der Waals surface area (Å²) in [5.41, 5.74) is 4.47. The van der Waals surface area contributed by atoms with Crippen LogP contribution in [0.15, 0.2) is 144 Å². The number of nitrogens with zero attached hydrogens (tertiary/aromatic N) is 3. The maximum absolute atomic E-state index is 6.22. The van der Waals surface area contributed by atoms with Gasteiger partial charge in [-0.25, -0.2) is 15.0 Å². The minimum atomic E-state index is 0.605. The lowest BCUT2D eigenvalue weighted by Crippen LogP contribution is -2.00. The van der Waals surface area contributed by atoms with Crippen LogP contribution >= 0.6 is 0 Å². The Balaban J connectivity index is 1.34. The summed E-state index contributed by atoms with van der Waals surface area (Å²) >= 11 is 0. The van der Waals surface area contributed by atoms with Gasteiger partial charge in [-0.2, -0.15) is 0 Å². The Kier molecular flexibility index (Phi) is 5.16. The van der Waals surface area contributed by atoms with E-state index in [0.29, 0.717) is 17.5 Å². The summed E-state index contributed by atoms with van der Waals surface area (Å²) < 4.78 is 6.22. The standard InChI is InChI=1S/C39H23N3O/c1-2-11-25(12-3-1)37-40-38(26-19-21-32-31-16-8-9-17-35(31)43-36(32)22-26)42-39(41-37)34-23-33-27-13-5-4-10-24(27)18-20-30(33)28-14-6-7-15-29(28)34/h1-23H. The molecule has 2 aromatic heterocycles. The molecule has 0 radical (unpaired) electrons. The fraction of sp³-hybridized carbons (Fsp3) is 0. The van der Waals surface area contributed by atoms with Gasteiger partial charge in [-0.15, -0.1) is 0 Å². The van der Waals surface area contributed by atoms with Gasteiger partial charge < -0.3 is 4.42 Å². The highest BCUT2D eigenvalue weighted by atomic mass is 16.3. The Morgan fingerprint density at radius 2 is 0.953 bits per heavy atom. The number of fused-ring (bicyclic) bond motifs is 8. The minimum Gasteiger partial charge on any atom is -0.456 e. The van der Waals surface area contributed by atoms with Gasteiger partial charge in [-0.3, -0.25) is 0 Å². The van der Waals surface area contributed by atoms with Crippen molar-refractivity contribution >= 4 is 54.3 Å². The largest absolute Gasteiger partial charge is 0.456 e.